The van der Waals surface area contributed by atoms with Crippen molar-refractivity contribution in [2.45, 2.75) is 6.54 Å². The Morgan fingerprint density at radius 1 is 0.870 bits per heavy atom. The molecule has 1 aromatic heterocycles. The summed E-state index contributed by atoms with van der Waals surface area (Å²) >= 11 is 0. The number of imidazole rings is 1. The Morgan fingerprint density at radius 2 is 1.65 bits per heavy atom. The molecular formula is C20H16N2O. The minimum absolute atomic E-state index is 0.287. The molecule has 0 radical (unpaired) electrons. The van der Waals surface area contributed by atoms with Crippen molar-refractivity contribution in [3.8, 4) is 16.9 Å². The van der Waals surface area contributed by atoms with Crippen LogP contribution in [0.5, 0.6) is 5.75 Å². The van der Waals surface area contributed by atoms with Crippen LogP contribution in [-0.4, -0.2) is 14.7 Å². The molecule has 0 aliphatic rings. The third-order valence-electron chi connectivity index (χ3n) is 4.10. The van der Waals surface area contributed by atoms with E-state index in [1.807, 2.05) is 24.7 Å². The maximum Gasteiger partial charge on any atom is 0.115 e. The van der Waals surface area contributed by atoms with Crippen LogP contribution in [0.3, 0.4) is 0 Å². The smallest absolute Gasteiger partial charge is 0.115 e. The minimum atomic E-state index is 0.287. The third-order valence-corrected chi connectivity index (χ3v) is 4.10. The summed E-state index contributed by atoms with van der Waals surface area (Å²) in [6.07, 6.45) is 5.61. The topological polar surface area (TPSA) is 38.0 Å². The Hall–Kier alpha value is -3.07. The molecule has 0 spiro atoms. The van der Waals surface area contributed by atoms with Gasteiger partial charge in [-0.2, -0.15) is 0 Å². The van der Waals surface area contributed by atoms with Gasteiger partial charge < -0.3 is 9.67 Å². The lowest BCUT2D eigenvalue weighted by Crippen LogP contribution is -1.98. The van der Waals surface area contributed by atoms with Crippen LogP contribution in [0.4, 0.5) is 0 Å². The Labute approximate surface area is 134 Å². The summed E-state index contributed by atoms with van der Waals surface area (Å²) in [5, 5.41) is 12.0. The summed E-state index contributed by atoms with van der Waals surface area (Å²) < 4.78 is 2.07. The van der Waals surface area contributed by atoms with Crippen LogP contribution in [-0.2, 0) is 6.54 Å². The van der Waals surface area contributed by atoms with E-state index < -0.39 is 0 Å². The number of aromatic nitrogens is 2. The first-order valence-electron chi connectivity index (χ1n) is 7.57. The zero-order chi connectivity index (χ0) is 15.6. The van der Waals surface area contributed by atoms with Gasteiger partial charge in [-0.3, -0.25) is 0 Å². The lowest BCUT2D eigenvalue weighted by molar-refractivity contribution is 0.475. The molecule has 0 atom stereocenters. The van der Waals surface area contributed by atoms with Gasteiger partial charge in [0.15, 0.2) is 0 Å². The quantitative estimate of drug-likeness (QED) is 0.606. The van der Waals surface area contributed by atoms with Crippen LogP contribution in [0.15, 0.2) is 79.4 Å². The SMILES string of the molecule is Oc1ccc(-c2ccc(Cn3ccnc3)c3ccccc23)cc1. The van der Waals surface area contributed by atoms with Crippen molar-refractivity contribution in [3.63, 3.8) is 0 Å². The molecule has 23 heavy (non-hydrogen) atoms. The maximum atomic E-state index is 9.50. The molecule has 0 unspecified atom stereocenters. The van der Waals surface area contributed by atoms with Gasteiger partial charge in [0, 0.05) is 18.9 Å². The molecule has 0 bridgehead atoms. The molecule has 3 heteroatoms. The Bertz CT molecular complexity index is 941. The van der Waals surface area contributed by atoms with E-state index in [1.165, 1.54) is 21.9 Å². The van der Waals surface area contributed by atoms with Crippen LogP contribution in [0, 0.1) is 0 Å². The number of hydrogen-bond acceptors (Lipinski definition) is 2. The number of hydrogen-bond donors (Lipinski definition) is 1. The molecule has 3 nitrogen and oxygen atoms in total. The molecule has 0 saturated carbocycles. The van der Waals surface area contributed by atoms with Gasteiger partial charge in [0.05, 0.1) is 6.33 Å². The first kappa shape index (κ1) is 13.6. The fourth-order valence-corrected chi connectivity index (χ4v) is 2.97. The first-order valence-corrected chi connectivity index (χ1v) is 7.57. The van der Waals surface area contributed by atoms with Crippen molar-refractivity contribution in [1.29, 1.82) is 0 Å². The minimum Gasteiger partial charge on any atom is -0.508 e. The van der Waals surface area contributed by atoms with Crippen LogP contribution in [0.1, 0.15) is 5.56 Å². The zero-order valence-corrected chi connectivity index (χ0v) is 12.6. The number of aromatic hydroxyl groups is 1. The summed E-state index contributed by atoms with van der Waals surface area (Å²) in [5.41, 5.74) is 3.55. The van der Waals surface area contributed by atoms with Gasteiger partial charge in [0.1, 0.15) is 5.75 Å². The predicted octanol–water partition coefficient (Wildman–Crippen LogP) is 4.46. The fraction of sp³-hybridized carbons (Fsp3) is 0.0500. The van der Waals surface area contributed by atoms with Gasteiger partial charge in [-0.15, -0.1) is 0 Å². The predicted molar refractivity (Wildman–Crippen MR) is 92.4 cm³/mol. The maximum absolute atomic E-state index is 9.50. The van der Waals surface area contributed by atoms with E-state index in [4.69, 9.17) is 0 Å². The second-order valence-corrected chi connectivity index (χ2v) is 5.60. The number of benzene rings is 3. The van der Waals surface area contributed by atoms with Crippen molar-refractivity contribution in [2.75, 3.05) is 0 Å². The van der Waals surface area contributed by atoms with Gasteiger partial charge in [-0.25, -0.2) is 4.98 Å². The lowest BCUT2D eigenvalue weighted by Gasteiger charge is -2.12. The average molecular weight is 300 g/mol. The van der Waals surface area contributed by atoms with Crippen LogP contribution < -0.4 is 0 Å². The van der Waals surface area contributed by atoms with E-state index in [9.17, 15) is 5.11 Å². The van der Waals surface area contributed by atoms with E-state index in [1.54, 1.807) is 18.3 Å². The van der Waals surface area contributed by atoms with Gasteiger partial charge in [-0.05, 0) is 39.6 Å². The van der Waals surface area contributed by atoms with Crippen LogP contribution >= 0.6 is 0 Å². The molecule has 4 rings (SSSR count). The normalized spacial score (nSPS) is 11.0. The van der Waals surface area contributed by atoms with Gasteiger partial charge in [-0.1, -0.05) is 48.5 Å². The highest BCUT2D eigenvalue weighted by Gasteiger charge is 2.08. The average Bonchev–Trinajstić information content (AvgIpc) is 3.09. The number of fused-ring (bicyclic) bond motifs is 1. The molecule has 4 aromatic rings. The van der Waals surface area contributed by atoms with Crippen molar-refractivity contribution >= 4 is 10.8 Å². The molecular weight excluding hydrogens is 284 g/mol. The molecule has 0 fully saturated rings. The molecule has 1 heterocycles. The molecule has 0 aliphatic carbocycles. The van der Waals surface area contributed by atoms with E-state index in [0.29, 0.717) is 0 Å². The zero-order valence-electron chi connectivity index (χ0n) is 12.6. The highest BCUT2D eigenvalue weighted by molar-refractivity contribution is 5.98. The molecule has 3 aromatic carbocycles. The largest absolute Gasteiger partial charge is 0.508 e. The summed E-state index contributed by atoms with van der Waals surface area (Å²) in [6, 6.07) is 20.1. The Kier molecular flexibility index (Phi) is 3.31. The molecule has 0 amide bonds. The highest BCUT2D eigenvalue weighted by Crippen LogP contribution is 2.32. The Balaban J connectivity index is 1.86. The van der Waals surface area contributed by atoms with E-state index in [2.05, 4.69) is 45.9 Å². The summed E-state index contributed by atoms with van der Waals surface area (Å²) in [5.74, 6) is 0.287. The number of phenolic OH excluding ortho intramolecular Hbond substituents is 1. The second-order valence-electron chi connectivity index (χ2n) is 5.60. The molecule has 0 aliphatic heterocycles. The Morgan fingerprint density at radius 3 is 2.39 bits per heavy atom. The lowest BCUT2D eigenvalue weighted by atomic mass is 9.95. The first-order chi connectivity index (χ1) is 11.3. The van der Waals surface area contributed by atoms with Crippen LogP contribution in [0.2, 0.25) is 0 Å². The number of rotatable bonds is 3. The summed E-state index contributed by atoms with van der Waals surface area (Å²) in [4.78, 5) is 4.11. The van der Waals surface area contributed by atoms with Crippen LogP contribution in [0.25, 0.3) is 21.9 Å². The van der Waals surface area contributed by atoms with E-state index >= 15 is 0 Å². The van der Waals surface area contributed by atoms with Gasteiger partial charge >= 0.3 is 0 Å². The van der Waals surface area contributed by atoms with Gasteiger partial charge in [0.2, 0.25) is 0 Å². The van der Waals surface area contributed by atoms with E-state index in [-0.39, 0.29) is 5.75 Å². The monoisotopic (exact) mass is 300 g/mol. The number of phenols is 1. The molecule has 0 saturated heterocycles. The number of nitrogens with zero attached hydrogens (tertiary/aromatic N) is 2. The van der Waals surface area contributed by atoms with Gasteiger partial charge in [0.25, 0.3) is 0 Å². The van der Waals surface area contributed by atoms with Crippen molar-refractivity contribution < 1.29 is 5.11 Å². The second kappa shape index (κ2) is 5.61. The fourth-order valence-electron chi connectivity index (χ4n) is 2.97. The van der Waals surface area contributed by atoms with E-state index in [0.717, 1.165) is 12.1 Å². The summed E-state index contributed by atoms with van der Waals surface area (Å²) in [7, 11) is 0. The van der Waals surface area contributed by atoms with Crippen molar-refractivity contribution in [2.24, 2.45) is 0 Å². The third kappa shape index (κ3) is 2.57. The standard InChI is InChI=1S/C20H16N2O/c23-17-8-5-15(6-9-17)19-10-7-16(13-22-12-11-21-14-22)18-3-1-2-4-20(18)19/h1-12,14,23H,13H2. The highest BCUT2D eigenvalue weighted by atomic mass is 16.3. The molecule has 112 valence electrons. The molecule has 1 N–H and O–H groups in total. The summed E-state index contributed by atoms with van der Waals surface area (Å²) in [6.45, 7) is 0.802. The van der Waals surface area contributed by atoms with Crippen molar-refractivity contribution in [3.05, 3.63) is 84.9 Å². The van der Waals surface area contributed by atoms with Crippen molar-refractivity contribution in [1.82, 2.24) is 9.55 Å².